The van der Waals surface area contributed by atoms with Gasteiger partial charge in [0.2, 0.25) is 0 Å². The topological polar surface area (TPSA) is 30.5 Å². The zero-order valence-electron chi connectivity index (χ0n) is 24.8. The Kier molecular flexibility index (Phi) is 7.56. The van der Waals surface area contributed by atoms with Crippen LogP contribution in [0.2, 0.25) is 0 Å². The van der Waals surface area contributed by atoms with E-state index in [0.717, 1.165) is 63.7 Å². The molecule has 3 aliphatic heterocycles. The number of fused-ring (bicyclic) bond motifs is 4. The SMILES string of the molecule is CN1CCC(Nc2cccc(Nc3ccc4c(c3F)N3CCCC(Cc5ccccc5)(Cc5ccccc5)C43)c2F)CC1. The molecule has 2 fully saturated rings. The van der Waals surface area contributed by atoms with Crippen molar-refractivity contribution in [2.45, 2.75) is 50.6 Å². The minimum Gasteiger partial charge on any atom is -0.380 e. The number of rotatable bonds is 8. The molecule has 2 N–H and O–H groups in total. The third-order valence-electron chi connectivity index (χ3n) is 9.84. The predicted molar refractivity (Wildman–Crippen MR) is 172 cm³/mol. The van der Waals surface area contributed by atoms with Crippen LogP contribution in [0.4, 0.5) is 31.5 Å². The zero-order valence-corrected chi connectivity index (χ0v) is 24.8. The van der Waals surface area contributed by atoms with Gasteiger partial charge in [-0.05, 0) is 88.0 Å². The van der Waals surface area contributed by atoms with Crippen LogP contribution in [0.15, 0.2) is 91.0 Å². The minimum atomic E-state index is -0.371. The van der Waals surface area contributed by atoms with Crippen LogP contribution in [0.5, 0.6) is 0 Å². The normalized spacial score (nSPS) is 19.7. The maximum absolute atomic E-state index is 16.3. The zero-order chi connectivity index (χ0) is 29.4. The first kappa shape index (κ1) is 27.9. The molecular formula is C37H40F2N4. The highest BCUT2D eigenvalue weighted by atomic mass is 19.1. The molecule has 43 heavy (non-hydrogen) atoms. The van der Waals surface area contributed by atoms with Crippen molar-refractivity contribution in [1.29, 1.82) is 0 Å². The highest BCUT2D eigenvalue weighted by Crippen LogP contribution is 2.60. The van der Waals surface area contributed by atoms with E-state index < -0.39 is 0 Å². The lowest BCUT2D eigenvalue weighted by molar-refractivity contribution is 0.142. The first-order chi connectivity index (χ1) is 21.0. The van der Waals surface area contributed by atoms with Gasteiger partial charge in [0.1, 0.15) is 0 Å². The highest BCUT2D eigenvalue weighted by molar-refractivity contribution is 5.77. The average Bonchev–Trinajstić information content (AvgIpc) is 3.01. The van der Waals surface area contributed by atoms with Crippen LogP contribution in [-0.2, 0) is 12.8 Å². The largest absolute Gasteiger partial charge is 0.380 e. The van der Waals surface area contributed by atoms with Crippen LogP contribution in [0, 0.1) is 17.0 Å². The summed E-state index contributed by atoms with van der Waals surface area (Å²) in [7, 11) is 2.11. The second-order valence-corrected chi connectivity index (χ2v) is 12.8. The van der Waals surface area contributed by atoms with Crippen LogP contribution in [0.3, 0.4) is 0 Å². The van der Waals surface area contributed by atoms with Crippen LogP contribution < -0.4 is 15.5 Å². The number of anilines is 4. The van der Waals surface area contributed by atoms with Crippen molar-refractivity contribution in [3.8, 4) is 0 Å². The van der Waals surface area contributed by atoms with Crippen LogP contribution >= 0.6 is 0 Å². The average molecular weight is 579 g/mol. The highest BCUT2D eigenvalue weighted by Gasteiger charge is 2.53. The summed E-state index contributed by atoms with van der Waals surface area (Å²) in [5.41, 5.74) is 5.38. The van der Waals surface area contributed by atoms with Gasteiger partial charge in [-0.3, -0.25) is 0 Å². The summed E-state index contributed by atoms with van der Waals surface area (Å²) in [4.78, 5) is 4.57. The van der Waals surface area contributed by atoms with Crippen LogP contribution in [-0.4, -0.2) is 37.6 Å². The number of benzene rings is 4. The van der Waals surface area contributed by atoms with E-state index in [4.69, 9.17) is 0 Å². The molecule has 222 valence electrons. The van der Waals surface area contributed by atoms with E-state index in [-0.39, 0.29) is 34.8 Å². The van der Waals surface area contributed by atoms with Crippen molar-refractivity contribution < 1.29 is 8.78 Å². The lowest BCUT2D eigenvalue weighted by Crippen LogP contribution is -2.54. The summed E-state index contributed by atoms with van der Waals surface area (Å²) in [6.07, 6.45) is 5.91. The molecule has 0 amide bonds. The van der Waals surface area contributed by atoms with Gasteiger partial charge in [-0.2, -0.15) is 0 Å². The van der Waals surface area contributed by atoms with Gasteiger partial charge < -0.3 is 20.4 Å². The Balaban J connectivity index is 1.17. The standard InChI is InChI=1S/C37H40F2N4/c1-42-22-18-28(19-23-42)40-30-14-8-15-31(33(30)38)41-32-17-16-29-35(34(32)39)43-21-9-20-37(36(29)43,24-26-10-4-2-5-11-26)25-27-12-6-3-7-13-27/h2-8,10-17,28,36,40-41H,9,18-25H2,1H3. The van der Waals surface area contributed by atoms with Crippen molar-refractivity contribution in [2.75, 3.05) is 42.2 Å². The predicted octanol–water partition coefficient (Wildman–Crippen LogP) is 8.34. The van der Waals surface area contributed by atoms with Crippen LogP contribution in [0.25, 0.3) is 0 Å². The van der Waals surface area contributed by atoms with E-state index in [1.165, 1.54) is 11.1 Å². The summed E-state index contributed by atoms with van der Waals surface area (Å²) in [6.45, 7) is 2.81. The quantitative estimate of drug-likeness (QED) is 0.220. The van der Waals surface area contributed by atoms with Crippen molar-refractivity contribution in [1.82, 2.24) is 4.90 Å². The number of nitrogens with zero attached hydrogens (tertiary/aromatic N) is 2. The molecule has 1 atom stereocenters. The van der Waals surface area contributed by atoms with Gasteiger partial charge in [0, 0.05) is 23.6 Å². The number of hydrogen-bond acceptors (Lipinski definition) is 4. The van der Waals surface area contributed by atoms with E-state index in [2.05, 4.69) is 94.2 Å². The third-order valence-corrected chi connectivity index (χ3v) is 9.84. The molecule has 0 aliphatic carbocycles. The summed E-state index contributed by atoms with van der Waals surface area (Å²) >= 11 is 0. The fourth-order valence-electron chi connectivity index (χ4n) is 7.75. The fourth-order valence-corrected chi connectivity index (χ4v) is 7.75. The van der Waals surface area contributed by atoms with Crippen LogP contribution in [0.1, 0.15) is 48.4 Å². The van der Waals surface area contributed by atoms with E-state index in [9.17, 15) is 0 Å². The molecule has 0 radical (unpaired) electrons. The maximum atomic E-state index is 16.3. The van der Waals surface area contributed by atoms with E-state index in [1.54, 1.807) is 18.2 Å². The van der Waals surface area contributed by atoms with Gasteiger partial charge in [0.15, 0.2) is 11.6 Å². The molecule has 0 spiro atoms. The van der Waals surface area contributed by atoms with E-state index in [0.29, 0.717) is 17.1 Å². The Morgan fingerprint density at radius 3 is 2.02 bits per heavy atom. The number of nitrogens with one attached hydrogen (secondary N) is 2. The summed E-state index contributed by atoms with van der Waals surface area (Å²) in [5, 5.41) is 6.48. The van der Waals surface area contributed by atoms with Crippen molar-refractivity contribution in [3.05, 3.63) is 119 Å². The molecular weight excluding hydrogens is 538 g/mol. The smallest absolute Gasteiger partial charge is 0.170 e. The van der Waals surface area contributed by atoms with Crippen molar-refractivity contribution in [3.63, 3.8) is 0 Å². The van der Waals surface area contributed by atoms with Gasteiger partial charge in [0.25, 0.3) is 0 Å². The number of halogens is 2. The molecule has 3 heterocycles. The summed E-state index contributed by atoms with van der Waals surface area (Å²) in [5.74, 6) is -0.666. The lowest BCUT2D eigenvalue weighted by atomic mass is 9.61. The molecule has 0 saturated carbocycles. The molecule has 7 rings (SSSR count). The van der Waals surface area contributed by atoms with Gasteiger partial charge >= 0.3 is 0 Å². The molecule has 1 unspecified atom stereocenters. The number of likely N-dealkylation sites (tertiary alicyclic amines) is 1. The van der Waals surface area contributed by atoms with Gasteiger partial charge in [-0.15, -0.1) is 0 Å². The molecule has 4 aromatic rings. The second kappa shape index (κ2) is 11.6. The molecule has 0 aromatic heterocycles. The Bertz CT molecular complexity index is 1530. The molecule has 2 saturated heterocycles. The van der Waals surface area contributed by atoms with Gasteiger partial charge in [0.05, 0.1) is 28.8 Å². The van der Waals surface area contributed by atoms with Crippen molar-refractivity contribution >= 4 is 22.7 Å². The van der Waals surface area contributed by atoms with Crippen molar-refractivity contribution in [2.24, 2.45) is 5.41 Å². The van der Waals surface area contributed by atoms with Gasteiger partial charge in [-0.25, -0.2) is 8.78 Å². The van der Waals surface area contributed by atoms with E-state index in [1.807, 2.05) is 6.07 Å². The summed E-state index contributed by atoms with van der Waals surface area (Å²) in [6, 6.07) is 30.9. The maximum Gasteiger partial charge on any atom is 0.170 e. The lowest BCUT2D eigenvalue weighted by Gasteiger charge is -2.58. The second-order valence-electron chi connectivity index (χ2n) is 12.8. The van der Waals surface area contributed by atoms with E-state index >= 15 is 8.78 Å². The molecule has 4 aromatic carbocycles. The Morgan fingerprint density at radius 2 is 1.35 bits per heavy atom. The monoisotopic (exact) mass is 578 g/mol. The Labute approximate surface area is 253 Å². The molecule has 0 bridgehead atoms. The molecule has 4 nitrogen and oxygen atoms in total. The molecule has 6 heteroatoms. The third kappa shape index (κ3) is 5.38. The minimum absolute atomic E-state index is 0.0463. The Hall–Kier alpha value is -3.90. The fraction of sp³-hybridized carbons (Fsp3) is 0.351. The summed E-state index contributed by atoms with van der Waals surface area (Å²) < 4.78 is 31.9. The van der Waals surface area contributed by atoms with Gasteiger partial charge in [-0.1, -0.05) is 72.8 Å². The Morgan fingerprint density at radius 1 is 0.721 bits per heavy atom. The molecule has 3 aliphatic rings. The number of piperidine rings is 2. The number of hydrogen-bond donors (Lipinski definition) is 2. The first-order valence-electron chi connectivity index (χ1n) is 15.7. The first-order valence-corrected chi connectivity index (χ1v) is 15.7.